The normalized spacial score (nSPS) is 18.4. The molecule has 1 aliphatic rings. The van der Waals surface area contributed by atoms with E-state index in [1.807, 2.05) is 23.1 Å². The molecule has 1 atom stereocenters. The van der Waals surface area contributed by atoms with Gasteiger partial charge in [0.2, 0.25) is 0 Å². The van der Waals surface area contributed by atoms with Crippen molar-refractivity contribution in [2.24, 2.45) is 0 Å². The predicted molar refractivity (Wildman–Crippen MR) is 79.6 cm³/mol. The maximum Gasteiger partial charge on any atom is 0.0889 e. The van der Waals surface area contributed by atoms with Gasteiger partial charge in [-0.1, -0.05) is 6.42 Å². The molecular weight excluding hydrogens is 250 g/mol. The maximum atomic E-state index is 4.34. The highest BCUT2D eigenvalue weighted by atomic mass is 15.2. The van der Waals surface area contributed by atoms with Crippen molar-refractivity contribution in [2.75, 3.05) is 19.6 Å². The Balaban J connectivity index is 1.53. The molecule has 1 N–H and O–H groups in total. The number of nitrogens with one attached hydrogen (secondary N) is 1. The lowest BCUT2D eigenvalue weighted by molar-refractivity contribution is 0.209. The van der Waals surface area contributed by atoms with Crippen molar-refractivity contribution in [1.29, 1.82) is 0 Å². The molecule has 3 rings (SSSR count). The van der Waals surface area contributed by atoms with Crippen molar-refractivity contribution in [3.63, 3.8) is 0 Å². The van der Waals surface area contributed by atoms with Crippen LogP contribution < -0.4 is 5.32 Å². The van der Waals surface area contributed by atoms with E-state index in [1.165, 1.54) is 37.9 Å². The van der Waals surface area contributed by atoms with Crippen LogP contribution >= 0.6 is 0 Å². The second-order valence-electron chi connectivity index (χ2n) is 5.72. The summed E-state index contributed by atoms with van der Waals surface area (Å²) in [6.45, 7) is 6.76. The smallest absolute Gasteiger partial charge is 0.0889 e. The molecule has 20 heavy (non-hydrogen) atoms. The molecule has 0 amide bonds. The Labute approximate surface area is 120 Å². The number of aromatic nitrogens is 3. The van der Waals surface area contributed by atoms with Crippen molar-refractivity contribution in [3.8, 4) is 0 Å². The van der Waals surface area contributed by atoms with Crippen LogP contribution in [0.15, 0.2) is 24.8 Å². The van der Waals surface area contributed by atoms with Crippen LogP contribution in [0.5, 0.6) is 0 Å². The molecule has 5 nitrogen and oxygen atoms in total. The number of nitrogens with zero attached hydrogens (tertiary/aromatic N) is 4. The second-order valence-corrected chi connectivity index (χ2v) is 5.72. The van der Waals surface area contributed by atoms with Crippen LogP contribution in [0.3, 0.4) is 0 Å². The Morgan fingerprint density at radius 2 is 2.10 bits per heavy atom. The zero-order chi connectivity index (χ0) is 13.8. The van der Waals surface area contributed by atoms with Crippen molar-refractivity contribution in [3.05, 3.63) is 30.4 Å². The van der Waals surface area contributed by atoms with Crippen molar-refractivity contribution < 1.29 is 0 Å². The minimum absolute atomic E-state index is 0.500. The van der Waals surface area contributed by atoms with Gasteiger partial charge in [-0.05, 0) is 32.9 Å². The first kappa shape index (κ1) is 13.5. The molecule has 0 spiro atoms. The summed E-state index contributed by atoms with van der Waals surface area (Å²) in [6, 6.07) is 0.500. The fourth-order valence-corrected chi connectivity index (χ4v) is 2.90. The Morgan fingerprint density at radius 1 is 1.25 bits per heavy atom. The van der Waals surface area contributed by atoms with Crippen LogP contribution in [0.25, 0.3) is 5.52 Å². The molecule has 2 aromatic rings. The van der Waals surface area contributed by atoms with Crippen LogP contribution in [0, 0.1) is 0 Å². The highest BCUT2D eigenvalue weighted by Gasteiger charge is 2.13. The third kappa shape index (κ3) is 3.16. The standard InChI is InChI=1S/C15H23N5/c1-13(12-19-6-3-2-4-7-19)17-9-14-10-18-20-8-5-16-11-15(14)20/h5,8,10-11,13,17H,2-4,6-7,9,12H2,1H3. The molecule has 0 saturated carbocycles. The Bertz CT molecular complexity index is 544. The minimum atomic E-state index is 0.500. The van der Waals surface area contributed by atoms with Gasteiger partial charge in [-0.15, -0.1) is 0 Å². The lowest BCUT2D eigenvalue weighted by atomic mass is 10.1. The van der Waals surface area contributed by atoms with Crippen molar-refractivity contribution >= 4 is 5.52 Å². The van der Waals surface area contributed by atoms with E-state index in [9.17, 15) is 0 Å². The highest BCUT2D eigenvalue weighted by molar-refractivity contribution is 5.51. The van der Waals surface area contributed by atoms with Gasteiger partial charge in [0.1, 0.15) is 0 Å². The summed E-state index contributed by atoms with van der Waals surface area (Å²) in [4.78, 5) is 6.74. The third-order valence-corrected chi connectivity index (χ3v) is 4.03. The summed E-state index contributed by atoms with van der Waals surface area (Å²) in [5.74, 6) is 0. The van der Waals surface area contributed by atoms with Gasteiger partial charge in [0.05, 0.1) is 17.9 Å². The molecular formula is C15H23N5. The molecule has 0 aromatic carbocycles. The third-order valence-electron chi connectivity index (χ3n) is 4.03. The first-order valence-electron chi connectivity index (χ1n) is 7.55. The first-order chi connectivity index (χ1) is 9.83. The molecule has 0 radical (unpaired) electrons. The molecule has 2 aromatic heterocycles. The quantitative estimate of drug-likeness (QED) is 0.900. The van der Waals surface area contributed by atoms with Gasteiger partial charge < -0.3 is 10.2 Å². The van der Waals surface area contributed by atoms with E-state index in [0.29, 0.717) is 6.04 Å². The monoisotopic (exact) mass is 273 g/mol. The van der Waals surface area contributed by atoms with E-state index >= 15 is 0 Å². The molecule has 108 valence electrons. The van der Waals surface area contributed by atoms with Crippen molar-refractivity contribution in [2.45, 2.75) is 38.8 Å². The van der Waals surface area contributed by atoms with Crippen LogP contribution in [0.1, 0.15) is 31.7 Å². The predicted octanol–water partition coefficient (Wildman–Crippen LogP) is 1.69. The lowest BCUT2D eigenvalue weighted by Gasteiger charge is -2.29. The molecule has 0 bridgehead atoms. The second kappa shape index (κ2) is 6.33. The van der Waals surface area contributed by atoms with Crippen LogP contribution in [-0.4, -0.2) is 45.2 Å². The first-order valence-corrected chi connectivity index (χ1v) is 7.55. The zero-order valence-electron chi connectivity index (χ0n) is 12.1. The van der Waals surface area contributed by atoms with Gasteiger partial charge in [0.15, 0.2) is 0 Å². The highest BCUT2D eigenvalue weighted by Crippen LogP contribution is 2.10. The lowest BCUT2D eigenvalue weighted by Crippen LogP contribution is -2.41. The van der Waals surface area contributed by atoms with E-state index in [4.69, 9.17) is 0 Å². The zero-order valence-corrected chi connectivity index (χ0v) is 12.1. The Morgan fingerprint density at radius 3 is 2.95 bits per heavy atom. The number of hydrogen-bond acceptors (Lipinski definition) is 4. The fourth-order valence-electron chi connectivity index (χ4n) is 2.90. The summed E-state index contributed by atoms with van der Waals surface area (Å²) in [5.41, 5.74) is 2.30. The van der Waals surface area contributed by atoms with Crippen LogP contribution in [-0.2, 0) is 6.54 Å². The molecule has 3 heterocycles. The average molecular weight is 273 g/mol. The van der Waals surface area contributed by atoms with Gasteiger partial charge in [-0.2, -0.15) is 5.10 Å². The fraction of sp³-hybridized carbons (Fsp3) is 0.600. The molecule has 1 saturated heterocycles. The van der Waals surface area contributed by atoms with E-state index in [-0.39, 0.29) is 0 Å². The number of fused-ring (bicyclic) bond motifs is 1. The molecule has 1 unspecified atom stereocenters. The number of likely N-dealkylation sites (tertiary alicyclic amines) is 1. The largest absolute Gasteiger partial charge is 0.309 e. The molecule has 1 aliphatic heterocycles. The van der Waals surface area contributed by atoms with Crippen LogP contribution in [0.4, 0.5) is 0 Å². The summed E-state index contributed by atoms with van der Waals surface area (Å²) in [5, 5.41) is 7.94. The molecule has 5 heteroatoms. The number of hydrogen-bond donors (Lipinski definition) is 1. The Hall–Kier alpha value is -1.46. The van der Waals surface area contributed by atoms with Gasteiger partial charge in [-0.25, -0.2) is 4.52 Å². The number of piperidine rings is 1. The molecule has 1 fully saturated rings. The van der Waals surface area contributed by atoms with E-state index in [0.717, 1.165) is 18.6 Å². The van der Waals surface area contributed by atoms with E-state index in [2.05, 4.69) is 27.2 Å². The van der Waals surface area contributed by atoms with Gasteiger partial charge in [0.25, 0.3) is 0 Å². The van der Waals surface area contributed by atoms with Gasteiger partial charge in [-0.3, -0.25) is 4.98 Å². The maximum absolute atomic E-state index is 4.34. The number of rotatable bonds is 5. The van der Waals surface area contributed by atoms with Gasteiger partial charge >= 0.3 is 0 Å². The summed E-state index contributed by atoms with van der Waals surface area (Å²) >= 11 is 0. The van der Waals surface area contributed by atoms with Crippen molar-refractivity contribution in [1.82, 2.24) is 24.8 Å². The SMILES string of the molecule is CC(CN1CCCCC1)NCc1cnn2ccncc12. The van der Waals surface area contributed by atoms with Crippen LogP contribution in [0.2, 0.25) is 0 Å². The molecule has 0 aliphatic carbocycles. The average Bonchev–Trinajstić information content (AvgIpc) is 2.89. The van der Waals surface area contributed by atoms with E-state index < -0.39 is 0 Å². The minimum Gasteiger partial charge on any atom is -0.309 e. The summed E-state index contributed by atoms with van der Waals surface area (Å²) in [6.07, 6.45) is 11.6. The summed E-state index contributed by atoms with van der Waals surface area (Å²) in [7, 11) is 0. The van der Waals surface area contributed by atoms with E-state index in [1.54, 1.807) is 6.20 Å². The summed E-state index contributed by atoms with van der Waals surface area (Å²) < 4.78 is 1.87. The topological polar surface area (TPSA) is 45.5 Å². The Kier molecular flexibility index (Phi) is 4.28. The van der Waals surface area contributed by atoms with Gasteiger partial charge in [0, 0.05) is 37.1 Å².